The third-order valence-corrected chi connectivity index (χ3v) is 2.62. The van der Waals surface area contributed by atoms with Crippen molar-refractivity contribution < 1.29 is 18.9 Å². The highest BCUT2D eigenvalue weighted by molar-refractivity contribution is 4.92. The summed E-state index contributed by atoms with van der Waals surface area (Å²) in [6.07, 6.45) is -0.963. The van der Waals surface area contributed by atoms with E-state index in [1.54, 1.807) is 21.3 Å². The molecule has 5 atom stereocenters. The first-order valence-corrected chi connectivity index (χ1v) is 4.65. The zero-order chi connectivity index (χ0) is 10.7. The average Bonchev–Trinajstić information content (AvgIpc) is 2.17. The van der Waals surface area contributed by atoms with Crippen LogP contribution in [-0.4, -0.2) is 52.0 Å². The molecule has 0 aromatic carbocycles. The Hall–Kier alpha value is -0.200. The smallest absolute Gasteiger partial charge is 0.185 e. The quantitative estimate of drug-likeness (QED) is 0.687. The van der Waals surface area contributed by atoms with Gasteiger partial charge in [-0.2, -0.15) is 0 Å². The number of hydrogen-bond donors (Lipinski definition) is 1. The van der Waals surface area contributed by atoms with E-state index in [1.807, 2.05) is 6.92 Å². The van der Waals surface area contributed by atoms with E-state index in [1.165, 1.54) is 0 Å². The van der Waals surface area contributed by atoms with E-state index in [-0.39, 0.29) is 24.4 Å². The second-order valence-electron chi connectivity index (χ2n) is 3.42. The van der Waals surface area contributed by atoms with Crippen LogP contribution >= 0.6 is 0 Å². The lowest BCUT2D eigenvalue weighted by Crippen LogP contribution is -2.62. The number of methoxy groups -OCH3 is 3. The van der Waals surface area contributed by atoms with Crippen LogP contribution in [0.1, 0.15) is 6.92 Å². The highest BCUT2D eigenvalue weighted by Gasteiger charge is 2.43. The van der Waals surface area contributed by atoms with E-state index in [0.29, 0.717) is 0 Å². The van der Waals surface area contributed by atoms with Crippen molar-refractivity contribution in [3.8, 4) is 0 Å². The summed E-state index contributed by atoms with van der Waals surface area (Å²) in [4.78, 5) is 0. The van der Waals surface area contributed by atoms with Gasteiger partial charge in [-0.1, -0.05) is 0 Å². The SMILES string of the molecule is CO[C@@H]1O[C@@H](C)[C@H](OC)[C@@H](N)[C@@H]1OC. The maximum Gasteiger partial charge on any atom is 0.185 e. The Morgan fingerprint density at radius 3 is 2.00 bits per heavy atom. The molecule has 0 spiro atoms. The van der Waals surface area contributed by atoms with Crippen molar-refractivity contribution >= 4 is 0 Å². The molecule has 1 rings (SSSR count). The maximum atomic E-state index is 5.99. The molecule has 14 heavy (non-hydrogen) atoms. The van der Waals surface area contributed by atoms with Crippen molar-refractivity contribution in [2.24, 2.45) is 5.73 Å². The van der Waals surface area contributed by atoms with E-state index in [9.17, 15) is 0 Å². The van der Waals surface area contributed by atoms with Gasteiger partial charge < -0.3 is 24.7 Å². The molecule has 1 aliphatic heterocycles. The lowest BCUT2D eigenvalue weighted by molar-refractivity contribution is -0.267. The van der Waals surface area contributed by atoms with Gasteiger partial charge in [0.1, 0.15) is 12.2 Å². The third kappa shape index (κ3) is 2.07. The van der Waals surface area contributed by atoms with Crippen LogP contribution in [0.3, 0.4) is 0 Å². The van der Waals surface area contributed by atoms with E-state index in [4.69, 9.17) is 24.7 Å². The van der Waals surface area contributed by atoms with Crippen LogP contribution in [0.25, 0.3) is 0 Å². The van der Waals surface area contributed by atoms with Crippen LogP contribution < -0.4 is 5.73 Å². The van der Waals surface area contributed by atoms with Gasteiger partial charge in [0.25, 0.3) is 0 Å². The Labute approximate surface area is 84.4 Å². The third-order valence-electron chi connectivity index (χ3n) is 2.62. The molecule has 2 N–H and O–H groups in total. The topological polar surface area (TPSA) is 62.9 Å². The van der Waals surface area contributed by atoms with Gasteiger partial charge in [0.15, 0.2) is 6.29 Å². The maximum absolute atomic E-state index is 5.99. The van der Waals surface area contributed by atoms with Gasteiger partial charge in [-0.05, 0) is 6.92 Å². The van der Waals surface area contributed by atoms with Crippen LogP contribution in [0.4, 0.5) is 0 Å². The molecule has 0 bridgehead atoms. The molecule has 1 fully saturated rings. The van der Waals surface area contributed by atoms with E-state index < -0.39 is 6.29 Å². The van der Waals surface area contributed by atoms with E-state index in [0.717, 1.165) is 0 Å². The van der Waals surface area contributed by atoms with E-state index >= 15 is 0 Å². The lowest BCUT2D eigenvalue weighted by Gasteiger charge is -2.42. The molecule has 0 amide bonds. The second kappa shape index (κ2) is 5.04. The monoisotopic (exact) mass is 205 g/mol. The molecule has 5 heteroatoms. The van der Waals surface area contributed by atoms with Gasteiger partial charge in [0.2, 0.25) is 0 Å². The summed E-state index contributed by atoms with van der Waals surface area (Å²) < 4.78 is 21.2. The van der Waals surface area contributed by atoms with Crippen molar-refractivity contribution in [3.63, 3.8) is 0 Å². The normalized spacial score (nSPS) is 43.9. The summed E-state index contributed by atoms with van der Waals surface area (Å²) >= 11 is 0. The first-order valence-electron chi connectivity index (χ1n) is 4.65. The fraction of sp³-hybridized carbons (Fsp3) is 1.00. The van der Waals surface area contributed by atoms with Crippen LogP contribution in [-0.2, 0) is 18.9 Å². The molecular formula is C9H19NO4. The Kier molecular flexibility index (Phi) is 4.28. The molecule has 1 saturated heterocycles. The van der Waals surface area contributed by atoms with Crippen molar-refractivity contribution in [3.05, 3.63) is 0 Å². The molecule has 0 saturated carbocycles. The summed E-state index contributed by atoms with van der Waals surface area (Å²) in [5, 5.41) is 0. The summed E-state index contributed by atoms with van der Waals surface area (Å²) in [5.41, 5.74) is 5.99. The average molecular weight is 205 g/mol. The summed E-state index contributed by atoms with van der Waals surface area (Å²) in [6, 6.07) is -0.237. The molecule has 0 aromatic heterocycles. The minimum atomic E-state index is -0.420. The highest BCUT2D eigenvalue weighted by Crippen LogP contribution is 2.23. The summed E-state index contributed by atoms with van der Waals surface area (Å²) in [7, 11) is 4.77. The minimum Gasteiger partial charge on any atom is -0.377 e. The fourth-order valence-corrected chi connectivity index (χ4v) is 1.85. The van der Waals surface area contributed by atoms with Crippen molar-refractivity contribution in [1.29, 1.82) is 0 Å². The van der Waals surface area contributed by atoms with Crippen LogP contribution in [0.2, 0.25) is 0 Å². The van der Waals surface area contributed by atoms with Gasteiger partial charge in [0, 0.05) is 21.3 Å². The number of nitrogens with two attached hydrogens (primary N) is 1. The molecule has 1 aliphatic rings. The van der Waals surface area contributed by atoms with Gasteiger partial charge in [-0.15, -0.1) is 0 Å². The number of hydrogen-bond acceptors (Lipinski definition) is 5. The fourth-order valence-electron chi connectivity index (χ4n) is 1.85. The minimum absolute atomic E-state index is 0.0913. The first-order chi connectivity index (χ1) is 6.65. The Balaban J connectivity index is 2.72. The van der Waals surface area contributed by atoms with Crippen molar-refractivity contribution in [1.82, 2.24) is 0 Å². The largest absolute Gasteiger partial charge is 0.377 e. The molecule has 0 unspecified atom stereocenters. The van der Waals surface area contributed by atoms with Gasteiger partial charge in [0.05, 0.1) is 12.1 Å². The Morgan fingerprint density at radius 1 is 1.00 bits per heavy atom. The number of ether oxygens (including phenoxy) is 4. The zero-order valence-corrected chi connectivity index (χ0v) is 9.10. The van der Waals surface area contributed by atoms with Crippen LogP contribution in [0.5, 0.6) is 0 Å². The van der Waals surface area contributed by atoms with Crippen LogP contribution in [0, 0.1) is 0 Å². The van der Waals surface area contributed by atoms with Gasteiger partial charge in [-0.3, -0.25) is 0 Å². The summed E-state index contributed by atoms with van der Waals surface area (Å²) in [6.45, 7) is 1.91. The molecule has 0 radical (unpaired) electrons. The van der Waals surface area contributed by atoms with Gasteiger partial charge in [-0.25, -0.2) is 0 Å². The first kappa shape index (κ1) is 11.9. The zero-order valence-electron chi connectivity index (χ0n) is 9.10. The second-order valence-corrected chi connectivity index (χ2v) is 3.42. The predicted octanol–water partition coefficient (Wildman–Crippen LogP) is -0.265. The molecule has 84 valence electrons. The summed E-state index contributed by atoms with van der Waals surface area (Å²) in [5.74, 6) is 0. The van der Waals surface area contributed by atoms with Crippen molar-refractivity contribution in [2.75, 3.05) is 21.3 Å². The van der Waals surface area contributed by atoms with Gasteiger partial charge >= 0.3 is 0 Å². The number of rotatable bonds is 3. The molecule has 5 nitrogen and oxygen atoms in total. The van der Waals surface area contributed by atoms with Crippen molar-refractivity contribution in [2.45, 2.75) is 37.6 Å². The van der Waals surface area contributed by atoms with E-state index in [2.05, 4.69) is 0 Å². The molecular weight excluding hydrogens is 186 g/mol. The molecule has 0 aromatic rings. The molecule has 0 aliphatic carbocycles. The Bertz CT molecular complexity index is 178. The lowest BCUT2D eigenvalue weighted by atomic mass is 9.97. The predicted molar refractivity (Wildman–Crippen MR) is 50.9 cm³/mol. The highest BCUT2D eigenvalue weighted by atomic mass is 16.7. The van der Waals surface area contributed by atoms with Crippen LogP contribution in [0.15, 0.2) is 0 Å². The Morgan fingerprint density at radius 2 is 1.57 bits per heavy atom. The standard InChI is InChI=1S/C9H19NO4/c1-5-7(11-2)6(10)8(12-3)9(13-4)14-5/h5-9H,10H2,1-4H3/t5-,6+,7-,8-,9+/m0/s1. The molecule has 1 heterocycles.